The Kier molecular flexibility index (Phi) is 5.59. The van der Waals surface area contributed by atoms with Gasteiger partial charge in [0, 0.05) is 30.2 Å². The van der Waals surface area contributed by atoms with Gasteiger partial charge in [0.05, 0.1) is 13.4 Å². The molecule has 0 amide bonds. The number of nitrogens with zero attached hydrogens (tertiary/aromatic N) is 1. The number of methoxy groups -OCH3 is 1. The third kappa shape index (κ3) is 4.62. The molecule has 24 heavy (non-hydrogen) atoms. The minimum absolute atomic E-state index is 0.310. The van der Waals surface area contributed by atoms with Gasteiger partial charge in [-0.1, -0.05) is 23.7 Å². The van der Waals surface area contributed by atoms with Crippen molar-refractivity contribution in [3.8, 4) is 0 Å². The first kappa shape index (κ1) is 17.1. The average molecular weight is 348 g/mol. The summed E-state index contributed by atoms with van der Waals surface area (Å²) in [5, 5.41) is 0.759. The molecule has 1 heterocycles. The van der Waals surface area contributed by atoms with Crippen molar-refractivity contribution in [1.82, 2.24) is 4.90 Å². The molecule has 1 saturated carbocycles. The summed E-state index contributed by atoms with van der Waals surface area (Å²) in [6.45, 7) is 2.69. The van der Waals surface area contributed by atoms with Crippen LogP contribution in [0.15, 0.2) is 41.0 Å². The predicted octanol–water partition coefficient (Wildman–Crippen LogP) is 4.17. The summed E-state index contributed by atoms with van der Waals surface area (Å²) in [7, 11) is 1.37. The van der Waals surface area contributed by atoms with Crippen molar-refractivity contribution < 1.29 is 13.9 Å². The number of rotatable bonds is 8. The van der Waals surface area contributed by atoms with E-state index in [1.807, 2.05) is 18.2 Å². The first-order valence-corrected chi connectivity index (χ1v) is 8.65. The van der Waals surface area contributed by atoms with Crippen molar-refractivity contribution in [3.63, 3.8) is 0 Å². The van der Waals surface area contributed by atoms with Gasteiger partial charge in [-0.05, 0) is 48.9 Å². The Morgan fingerprint density at radius 2 is 2.04 bits per heavy atom. The van der Waals surface area contributed by atoms with Crippen molar-refractivity contribution >= 4 is 17.6 Å². The summed E-state index contributed by atoms with van der Waals surface area (Å²) in [5.41, 5.74) is 2.15. The van der Waals surface area contributed by atoms with Gasteiger partial charge in [0.2, 0.25) is 5.76 Å². The third-order valence-corrected chi connectivity index (χ3v) is 4.61. The van der Waals surface area contributed by atoms with Crippen molar-refractivity contribution in [2.24, 2.45) is 5.92 Å². The zero-order valence-electron chi connectivity index (χ0n) is 13.8. The summed E-state index contributed by atoms with van der Waals surface area (Å²) < 4.78 is 10.1. The van der Waals surface area contributed by atoms with E-state index in [2.05, 4.69) is 17.0 Å². The van der Waals surface area contributed by atoms with Crippen LogP contribution in [0.1, 0.15) is 34.5 Å². The highest BCUT2D eigenvalue weighted by atomic mass is 35.5. The second kappa shape index (κ2) is 7.86. The zero-order chi connectivity index (χ0) is 16.9. The summed E-state index contributed by atoms with van der Waals surface area (Å²) in [5.74, 6) is 0.674. The van der Waals surface area contributed by atoms with E-state index in [9.17, 15) is 4.79 Å². The molecule has 1 fully saturated rings. The van der Waals surface area contributed by atoms with Gasteiger partial charge in [0.15, 0.2) is 0 Å². The number of hydrogen-bond donors (Lipinski definition) is 0. The average Bonchev–Trinajstić information content (AvgIpc) is 3.29. The fraction of sp³-hybridized carbons (Fsp3) is 0.421. The Balaban J connectivity index is 1.64. The topological polar surface area (TPSA) is 42.7 Å². The molecule has 0 unspecified atom stereocenters. The number of carbonyl (C=O) groups excluding carboxylic acids is 1. The van der Waals surface area contributed by atoms with E-state index < -0.39 is 5.97 Å². The number of ether oxygens (including phenoxy) is 1. The molecule has 0 N–H and O–H groups in total. The maximum atomic E-state index is 11.8. The normalized spacial score (nSPS) is 14.1. The van der Waals surface area contributed by atoms with Crippen LogP contribution in [-0.4, -0.2) is 31.1 Å². The van der Waals surface area contributed by atoms with Gasteiger partial charge in [0.25, 0.3) is 0 Å². The highest BCUT2D eigenvalue weighted by Crippen LogP contribution is 2.30. The quantitative estimate of drug-likeness (QED) is 0.672. The molecule has 0 bridgehead atoms. The molecule has 1 aliphatic carbocycles. The molecule has 0 atom stereocenters. The lowest BCUT2D eigenvalue weighted by Gasteiger charge is -2.22. The van der Waals surface area contributed by atoms with E-state index in [1.54, 1.807) is 6.26 Å². The molecule has 0 radical (unpaired) electrons. The molecule has 1 aromatic carbocycles. The van der Waals surface area contributed by atoms with Crippen molar-refractivity contribution in [2.45, 2.75) is 25.8 Å². The van der Waals surface area contributed by atoms with E-state index >= 15 is 0 Å². The van der Waals surface area contributed by atoms with Crippen LogP contribution in [0.2, 0.25) is 5.02 Å². The second-order valence-corrected chi connectivity index (χ2v) is 6.76. The van der Waals surface area contributed by atoms with Gasteiger partial charge in [-0.25, -0.2) is 4.79 Å². The molecule has 5 heteroatoms. The van der Waals surface area contributed by atoms with Crippen LogP contribution in [0.5, 0.6) is 0 Å². The van der Waals surface area contributed by atoms with Crippen LogP contribution in [0.25, 0.3) is 0 Å². The molecule has 2 aromatic rings. The molecule has 1 aliphatic rings. The molecular weight excluding hydrogens is 326 g/mol. The largest absolute Gasteiger partial charge is 0.463 e. The molecule has 0 aliphatic heterocycles. The number of hydrogen-bond acceptors (Lipinski definition) is 4. The summed E-state index contributed by atoms with van der Waals surface area (Å²) >= 11 is 5.94. The molecule has 0 saturated heterocycles. The van der Waals surface area contributed by atoms with Crippen LogP contribution in [0, 0.1) is 5.92 Å². The fourth-order valence-electron chi connectivity index (χ4n) is 2.81. The molecule has 4 nitrogen and oxygen atoms in total. The number of carbonyl (C=O) groups is 1. The summed E-state index contributed by atoms with van der Waals surface area (Å²) in [4.78, 5) is 14.2. The van der Waals surface area contributed by atoms with E-state index in [-0.39, 0.29) is 0 Å². The van der Waals surface area contributed by atoms with E-state index in [1.165, 1.54) is 25.5 Å². The maximum Gasteiger partial charge on any atom is 0.374 e. The molecule has 3 rings (SSSR count). The fourth-order valence-corrected chi connectivity index (χ4v) is 2.94. The van der Waals surface area contributed by atoms with E-state index in [4.69, 9.17) is 20.8 Å². The van der Waals surface area contributed by atoms with Crippen LogP contribution in [-0.2, 0) is 17.7 Å². The van der Waals surface area contributed by atoms with Gasteiger partial charge in [-0.3, -0.25) is 4.90 Å². The smallest absolute Gasteiger partial charge is 0.374 e. The van der Waals surface area contributed by atoms with E-state index in [0.717, 1.165) is 36.0 Å². The first-order valence-electron chi connectivity index (χ1n) is 8.27. The Morgan fingerprint density at radius 3 is 2.71 bits per heavy atom. The Morgan fingerprint density at radius 1 is 1.29 bits per heavy atom. The van der Waals surface area contributed by atoms with E-state index in [0.29, 0.717) is 12.3 Å². The van der Waals surface area contributed by atoms with Crippen LogP contribution < -0.4 is 0 Å². The lowest BCUT2D eigenvalue weighted by Crippen LogP contribution is -2.28. The van der Waals surface area contributed by atoms with Gasteiger partial charge in [0.1, 0.15) is 0 Å². The minimum Gasteiger partial charge on any atom is -0.463 e. The predicted molar refractivity (Wildman–Crippen MR) is 93.2 cm³/mol. The van der Waals surface area contributed by atoms with Gasteiger partial charge in [-0.2, -0.15) is 0 Å². The van der Waals surface area contributed by atoms with Gasteiger partial charge < -0.3 is 9.15 Å². The number of halogens is 1. The lowest BCUT2D eigenvalue weighted by molar-refractivity contribution is 0.0561. The van der Waals surface area contributed by atoms with Crippen LogP contribution >= 0.6 is 11.6 Å². The van der Waals surface area contributed by atoms with Crippen molar-refractivity contribution in [1.29, 1.82) is 0 Å². The number of benzene rings is 1. The highest BCUT2D eigenvalue weighted by molar-refractivity contribution is 6.30. The number of esters is 1. The Hall–Kier alpha value is -1.78. The summed E-state index contributed by atoms with van der Waals surface area (Å²) in [6.07, 6.45) is 5.10. The van der Waals surface area contributed by atoms with Crippen molar-refractivity contribution in [2.75, 3.05) is 20.2 Å². The van der Waals surface area contributed by atoms with Crippen molar-refractivity contribution in [3.05, 3.63) is 58.5 Å². The second-order valence-electron chi connectivity index (χ2n) is 6.32. The zero-order valence-corrected chi connectivity index (χ0v) is 14.6. The van der Waals surface area contributed by atoms with Gasteiger partial charge >= 0.3 is 5.97 Å². The highest BCUT2D eigenvalue weighted by Gasteiger charge is 2.26. The number of furan rings is 1. The maximum absolute atomic E-state index is 11.8. The minimum atomic E-state index is -0.418. The Bertz CT molecular complexity index is 676. The summed E-state index contributed by atoms with van der Waals surface area (Å²) in [6, 6.07) is 9.83. The SMILES string of the molecule is COC(=O)c1occc1CN(CCc1ccc(Cl)cc1)CC1CC1. The lowest BCUT2D eigenvalue weighted by atomic mass is 10.1. The molecular formula is C19H22ClNO3. The Labute approximate surface area is 147 Å². The van der Waals surface area contributed by atoms with Crippen LogP contribution in [0.4, 0.5) is 0 Å². The van der Waals surface area contributed by atoms with Gasteiger partial charge in [-0.15, -0.1) is 0 Å². The molecule has 0 spiro atoms. The third-order valence-electron chi connectivity index (χ3n) is 4.35. The monoisotopic (exact) mass is 347 g/mol. The standard InChI is InChI=1S/C19H22ClNO3/c1-23-19(22)18-16(9-11-24-18)13-21(12-15-2-3-15)10-8-14-4-6-17(20)7-5-14/h4-7,9,11,15H,2-3,8,10,12-13H2,1H3. The first-order chi connectivity index (χ1) is 11.7. The molecule has 1 aromatic heterocycles. The van der Waals surface area contributed by atoms with Crippen LogP contribution in [0.3, 0.4) is 0 Å². The molecule has 128 valence electrons.